The summed E-state index contributed by atoms with van der Waals surface area (Å²) in [7, 11) is 0. The molecule has 1 saturated heterocycles. The summed E-state index contributed by atoms with van der Waals surface area (Å²) in [5.74, 6) is -0.334. The van der Waals surface area contributed by atoms with E-state index in [2.05, 4.69) is 15.8 Å². The third kappa shape index (κ3) is 4.45. The van der Waals surface area contributed by atoms with Crippen molar-refractivity contribution in [2.75, 3.05) is 19.6 Å². The van der Waals surface area contributed by atoms with Crippen LogP contribution in [0.15, 0.2) is 22.2 Å². The van der Waals surface area contributed by atoms with Crippen molar-refractivity contribution in [3.63, 3.8) is 0 Å². The van der Waals surface area contributed by atoms with Crippen molar-refractivity contribution in [1.29, 1.82) is 0 Å². The van der Waals surface area contributed by atoms with E-state index >= 15 is 0 Å². The first-order valence-corrected chi connectivity index (χ1v) is 9.02. The van der Waals surface area contributed by atoms with Crippen molar-refractivity contribution in [3.05, 3.63) is 33.7 Å². The minimum Gasteiger partial charge on any atom is -0.390 e. The van der Waals surface area contributed by atoms with Crippen molar-refractivity contribution < 1.29 is 9.63 Å². The molecule has 1 unspecified atom stereocenters. The van der Waals surface area contributed by atoms with Gasteiger partial charge < -0.3 is 20.0 Å². The first-order valence-electron chi connectivity index (χ1n) is 9.02. The van der Waals surface area contributed by atoms with Crippen LogP contribution in [0.5, 0.6) is 0 Å². The lowest BCUT2D eigenvalue weighted by atomic mass is 10.0. The van der Waals surface area contributed by atoms with Crippen LogP contribution in [0, 0.1) is 6.92 Å². The van der Waals surface area contributed by atoms with Crippen molar-refractivity contribution >= 4 is 24.0 Å². The third-order valence-electron chi connectivity index (χ3n) is 4.95. The first kappa shape index (κ1) is 20.5. The van der Waals surface area contributed by atoms with Gasteiger partial charge in [-0.25, -0.2) is 0 Å². The molecule has 0 radical (unpaired) electrons. The summed E-state index contributed by atoms with van der Waals surface area (Å²) in [5.41, 5.74) is 1.73. The molecule has 0 aliphatic carbocycles. The number of carbonyl (C=O) groups excluding carboxylic acids is 1. The number of halogens is 1. The molecule has 1 aromatic heterocycles. The van der Waals surface area contributed by atoms with E-state index in [0.29, 0.717) is 12.1 Å². The van der Waals surface area contributed by atoms with Crippen LogP contribution in [0.3, 0.4) is 0 Å². The van der Waals surface area contributed by atoms with Crippen LogP contribution < -0.4 is 16.2 Å². The molecule has 1 amide bonds. The fourth-order valence-electron chi connectivity index (χ4n) is 3.39. The number of hydrogen-bond acceptors (Lipinski definition) is 5. The summed E-state index contributed by atoms with van der Waals surface area (Å²) in [6.07, 6.45) is 5.04. The molecule has 0 aromatic carbocycles. The van der Waals surface area contributed by atoms with Gasteiger partial charge in [-0.2, -0.15) is 0 Å². The van der Waals surface area contributed by atoms with E-state index in [1.165, 1.54) is 0 Å². The van der Waals surface area contributed by atoms with Crippen LogP contribution in [0.4, 0.5) is 0 Å². The summed E-state index contributed by atoms with van der Waals surface area (Å²) in [5, 5.41) is 10.1. The fourth-order valence-corrected chi connectivity index (χ4v) is 3.39. The molecule has 1 atom stereocenters. The van der Waals surface area contributed by atoms with Crippen LogP contribution in [-0.2, 0) is 4.84 Å². The summed E-state index contributed by atoms with van der Waals surface area (Å²) < 4.78 is 1.72. The maximum absolute atomic E-state index is 12.9. The molecule has 2 aliphatic heterocycles. The summed E-state index contributed by atoms with van der Waals surface area (Å²) in [6.45, 7) is 5.97. The lowest BCUT2D eigenvalue weighted by Crippen LogP contribution is -2.40. The van der Waals surface area contributed by atoms with Crippen molar-refractivity contribution in [2.45, 2.75) is 51.7 Å². The molecular formula is C18H27ClN4O3. The van der Waals surface area contributed by atoms with Crippen LogP contribution >= 0.6 is 12.4 Å². The monoisotopic (exact) mass is 382 g/mol. The quantitative estimate of drug-likeness (QED) is 0.813. The van der Waals surface area contributed by atoms with Gasteiger partial charge in [0.05, 0.1) is 12.3 Å². The van der Waals surface area contributed by atoms with E-state index in [0.717, 1.165) is 44.5 Å². The minimum absolute atomic E-state index is 0. The SMILES string of the molecule is CCC1=NOC(CNC(=O)c2c(C)ccn(C3CCNCC3)c2=O)C1.Cl. The van der Waals surface area contributed by atoms with Gasteiger partial charge in [-0.1, -0.05) is 12.1 Å². The Hall–Kier alpha value is -1.86. The van der Waals surface area contributed by atoms with Gasteiger partial charge in [0, 0.05) is 18.7 Å². The molecule has 3 rings (SSSR count). The molecule has 0 bridgehead atoms. The number of piperidine rings is 1. The summed E-state index contributed by atoms with van der Waals surface area (Å²) in [4.78, 5) is 30.8. The zero-order valence-electron chi connectivity index (χ0n) is 15.3. The minimum atomic E-state index is -0.334. The number of aryl methyl sites for hydroxylation is 1. The van der Waals surface area contributed by atoms with Crippen LogP contribution in [0.2, 0.25) is 0 Å². The van der Waals surface area contributed by atoms with Gasteiger partial charge in [0.25, 0.3) is 11.5 Å². The largest absolute Gasteiger partial charge is 0.390 e. The highest BCUT2D eigenvalue weighted by molar-refractivity contribution is 5.95. The highest BCUT2D eigenvalue weighted by atomic mass is 35.5. The topological polar surface area (TPSA) is 84.7 Å². The predicted molar refractivity (Wildman–Crippen MR) is 103 cm³/mol. The molecule has 1 fully saturated rings. The Kier molecular flexibility index (Phi) is 7.23. The Morgan fingerprint density at radius 3 is 2.81 bits per heavy atom. The number of rotatable bonds is 5. The Morgan fingerprint density at radius 2 is 2.15 bits per heavy atom. The van der Waals surface area contributed by atoms with Crippen LogP contribution in [0.25, 0.3) is 0 Å². The zero-order chi connectivity index (χ0) is 17.8. The van der Waals surface area contributed by atoms with E-state index in [1.807, 2.05) is 19.2 Å². The average Bonchev–Trinajstić information content (AvgIpc) is 3.09. The van der Waals surface area contributed by atoms with Crippen molar-refractivity contribution in [3.8, 4) is 0 Å². The predicted octanol–water partition coefficient (Wildman–Crippen LogP) is 1.79. The van der Waals surface area contributed by atoms with Gasteiger partial charge in [-0.3, -0.25) is 9.59 Å². The molecule has 26 heavy (non-hydrogen) atoms. The van der Waals surface area contributed by atoms with E-state index < -0.39 is 0 Å². The second-order valence-corrected chi connectivity index (χ2v) is 6.72. The van der Waals surface area contributed by atoms with Gasteiger partial charge >= 0.3 is 0 Å². The van der Waals surface area contributed by atoms with E-state index in [-0.39, 0.29) is 41.6 Å². The summed E-state index contributed by atoms with van der Waals surface area (Å²) >= 11 is 0. The lowest BCUT2D eigenvalue weighted by molar-refractivity contribution is 0.0752. The maximum Gasteiger partial charge on any atom is 0.263 e. The van der Waals surface area contributed by atoms with Crippen molar-refractivity contribution in [2.24, 2.45) is 5.16 Å². The third-order valence-corrected chi connectivity index (χ3v) is 4.95. The Bertz CT molecular complexity index is 726. The number of hydrogen-bond donors (Lipinski definition) is 2. The highest BCUT2D eigenvalue weighted by Crippen LogP contribution is 2.17. The number of aromatic nitrogens is 1. The number of nitrogens with one attached hydrogen (secondary N) is 2. The molecule has 2 aliphatic rings. The molecule has 0 saturated carbocycles. The first-order chi connectivity index (χ1) is 12.1. The van der Waals surface area contributed by atoms with E-state index in [4.69, 9.17) is 4.84 Å². The number of carbonyl (C=O) groups is 1. The van der Waals surface area contributed by atoms with Gasteiger partial charge in [-0.05, 0) is 50.9 Å². The smallest absolute Gasteiger partial charge is 0.263 e. The average molecular weight is 383 g/mol. The molecule has 7 nitrogen and oxygen atoms in total. The van der Waals surface area contributed by atoms with E-state index in [1.54, 1.807) is 11.5 Å². The van der Waals surface area contributed by atoms with Gasteiger partial charge in [0.1, 0.15) is 11.7 Å². The molecule has 1 aromatic rings. The molecule has 8 heteroatoms. The molecular weight excluding hydrogens is 356 g/mol. The number of oxime groups is 1. The Morgan fingerprint density at radius 1 is 1.42 bits per heavy atom. The number of pyridine rings is 1. The van der Waals surface area contributed by atoms with Gasteiger partial charge in [-0.15, -0.1) is 12.4 Å². The molecule has 144 valence electrons. The zero-order valence-corrected chi connectivity index (χ0v) is 16.1. The molecule has 0 spiro atoms. The molecule has 2 N–H and O–H groups in total. The summed E-state index contributed by atoms with van der Waals surface area (Å²) in [6, 6.07) is 2.00. The maximum atomic E-state index is 12.9. The molecule has 3 heterocycles. The Balaban J connectivity index is 0.00000243. The fraction of sp³-hybridized carbons (Fsp3) is 0.611. The lowest BCUT2D eigenvalue weighted by Gasteiger charge is -2.25. The highest BCUT2D eigenvalue weighted by Gasteiger charge is 2.24. The van der Waals surface area contributed by atoms with Crippen LogP contribution in [-0.4, -0.2) is 41.9 Å². The standard InChI is InChI=1S/C18H26N4O3.ClH/c1-3-13-10-15(25-21-13)11-20-17(23)16-12(2)6-9-22(18(16)24)14-4-7-19-8-5-14;/h6,9,14-15,19H,3-5,7-8,10-11H2,1-2H3,(H,20,23);1H. The Labute approximate surface area is 159 Å². The van der Waals surface area contributed by atoms with Crippen LogP contribution in [0.1, 0.15) is 54.6 Å². The second kappa shape index (κ2) is 9.19. The van der Waals surface area contributed by atoms with Crippen molar-refractivity contribution in [1.82, 2.24) is 15.2 Å². The number of nitrogens with zero attached hydrogens (tertiary/aromatic N) is 2. The number of amides is 1. The van der Waals surface area contributed by atoms with Gasteiger partial charge in [0.2, 0.25) is 0 Å². The normalized spacial score (nSPS) is 20.1. The van der Waals surface area contributed by atoms with E-state index in [9.17, 15) is 9.59 Å². The second-order valence-electron chi connectivity index (χ2n) is 6.72. The van der Waals surface area contributed by atoms with Gasteiger partial charge in [0.15, 0.2) is 0 Å².